The average molecular weight is 253 g/mol. The monoisotopic (exact) mass is 253 g/mol. The van der Waals surface area contributed by atoms with Gasteiger partial charge in [0.1, 0.15) is 0 Å². The summed E-state index contributed by atoms with van der Waals surface area (Å²) in [4.78, 5) is 27.5. The zero-order chi connectivity index (χ0) is 13.0. The second-order valence-corrected chi connectivity index (χ2v) is 5.37. The SMILES string of the molecule is NC1CCCN(C(=O)CN2CCCCCC2=O)C1. The highest BCUT2D eigenvalue weighted by atomic mass is 16.2. The molecule has 2 aliphatic heterocycles. The summed E-state index contributed by atoms with van der Waals surface area (Å²) in [5.41, 5.74) is 5.87. The van der Waals surface area contributed by atoms with Crippen molar-refractivity contribution in [3.63, 3.8) is 0 Å². The molecule has 2 N–H and O–H groups in total. The molecule has 0 saturated carbocycles. The van der Waals surface area contributed by atoms with Crippen LogP contribution in [0.5, 0.6) is 0 Å². The summed E-state index contributed by atoms with van der Waals surface area (Å²) >= 11 is 0. The van der Waals surface area contributed by atoms with E-state index in [4.69, 9.17) is 5.73 Å². The van der Waals surface area contributed by atoms with Crippen molar-refractivity contribution in [2.45, 2.75) is 44.6 Å². The third-order valence-electron chi connectivity index (χ3n) is 3.81. The van der Waals surface area contributed by atoms with E-state index >= 15 is 0 Å². The van der Waals surface area contributed by atoms with E-state index < -0.39 is 0 Å². The number of rotatable bonds is 2. The first-order chi connectivity index (χ1) is 8.66. The van der Waals surface area contributed by atoms with Gasteiger partial charge in [0.2, 0.25) is 11.8 Å². The van der Waals surface area contributed by atoms with Gasteiger partial charge in [-0.15, -0.1) is 0 Å². The van der Waals surface area contributed by atoms with Gasteiger partial charge in [-0.25, -0.2) is 0 Å². The van der Waals surface area contributed by atoms with Crippen LogP contribution >= 0.6 is 0 Å². The molecule has 1 unspecified atom stereocenters. The third kappa shape index (κ3) is 3.45. The minimum Gasteiger partial charge on any atom is -0.340 e. The molecular weight excluding hydrogens is 230 g/mol. The maximum absolute atomic E-state index is 12.1. The number of likely N-dealkylation sites (tertiary alicyclic amines) is 2. The Kier molecular flexibility index (Phi) is 4.58. The molecule has 5 heteroatoms. The maximum Gasteiger partial charge on any atom is 0.242 e. The van der Waals surface area contributed by atoms with Crippen molar-refractivity contribution in [1.82, 2.24) is 9.80 Å². The van der Waals surface area contributed by atoms with Crippen molar-refractivity contribution in [1.29, 1.82) is 0 Å². The number of carbonyl (C=O) groups is 2. The van der Waals surface area contributed by atoms with Crippen molar-refractivity contribution in [3.05, 3.63) is 0 Å². The summed E-state index contributed by atoms with van der Waals surface area (Å²) in [6.07, 6.45) is 5.61. The summed E-state index contributed by atoms with van der Waals surface area (Å²) in [5.74, 6) is 0.183. The number of hydrogen-bond donors (Lipinski definition) is 1. The fourth-order valence-electron chi connectivity index (χ4n) is 2.71. The molecule has 2 heterocycles. The minimum atomic E-state index is 0.0559. The molecule has 0 spiro atoms. The molecule has 2 aliphatic rings. The van der Waals surface area contributed by atoms with Crippen LogP contribution < -0.4 is 5.73 Å². The lowest BCUT2D eigenvalue weighted by Crippen LogP contribution is -2.49. The van der Waals surface area contributed by atoms with E-state index in [2.05, 4.69) is 0 Å². The first-order valence-corrected chi connectivity index (χ1v) is 6.98. The quantitative estimate of drug-likeness (QED) is 0.771. The summed E-state index contributed by atoms with van der Waals surface area (Å²) in [5, 5.41) is 0. The fourth-order valence-corrected chi connectivity index (χ4v) is 2.71. The Hall–Kier alpha value is -1.10. The third-order valence-corrected chi connectivity index (χ3v) is 3.81. The predicted octanol–water partition coefficient (Wildman–Crippen LogP) is 0.339. The highest BCUT2D eigenvalue weighted by Crippen LogP contribution is 2.13. The van der Waals surface area contributed by atoms with Crippen LogP contribution in [0.2, 0.25) is 0 Å². The van der Waals surface area contributed by atoms with Gasteiger partial charge >= 0.3 is 0 Å². The Labute approximate surface area is 108 Å². The first-order valence-electron chi connectivity index (χ1n) is 6.98. The van der Waals surface area contributed by atoms with Gasteiger partial charge in [-0.1, -0.05) is 6.42 Å². The molecule has 1 atom stereocenters. The van der Waals surface area contributed by atoms with Crippen LogP contribution in [0.15, 0.2) is 0 Å². The van der Waals surface area contributed by atoms with E-state index in [1.54, 1.807) is 4.90 Å². The van der Waals surface area contributed by atoms with Crippen LogP contribution in [-0.4, -0.2) is 53.8 Å². The van der Waals surface area contributed by atoms with E-state index in [-0.39, 0.29) is 24.4 Å². The Balaban J connectivity index is 1.87. The Bertz CT molecular complexity index is 319. The zero-order valence-corrected chi connectivity index (χ0v) is 10.9. The maximum atomic E-state index is 12.1. The molecule has 0 aromatic carbocycles. The molecule has 0 radical (unpaired) electrons. The minimum absolute atomic E-state index is 0.0559. The van der Waals surface area contributed by atoms with Crippen LogP contribution in [0, 0.1) is 0 Å². The predicted molar refractivity (Wildman–Crippen MR) is 68.8 cm³/mol. The molecule has 0 aromatic rings. The molecule has 5 nitrogen and oxygen atoms in total. The van der Waals surface area contributed by atoms with Crippen molar-refractivity contribution in [3.8, 4) is 0 Å². The van der Waals surface area contributed by atoms with Crippen LogP contribution in [0.3, 0.4) is 0 Å². The van der Waals surface area contributed by atoms with Gasteiger partial charge in [-0.05, 0) is 25.7 Å². The number of piperidine rings is 1. The lowest BCUT2D eigenvalue weighted by Gasteiger charge is -2.32. The van der Waals surface area contributed by atoms with Crippen LogP contribution in [0.25, 0.3) is 0 Å². The van der Waals surface area contributed by atoms with Gasteiger partial charge in [-0.3, -0.25) is 9.59 Å². The van der Waals surface area contributed by atoms with Crippen LogP contribution in [-0.2, 0) is 9.59 Å². The smallest absolute Gasteiger partial charge is 0.242 e. The Morgan fingerprint density at radius 1 is 1.22 bits per heavy atom. The molecular formula is C13H23N3O2. The van der Waals surface area contributed by atoms with E-state index in [0.29, 0.717) is 13.0 Å². The molecule has 2 amide bonds. The molecule has 0 aromatic heterocycles. The first kappa shape index (κ1) is 13.3. The second kappa shape index (κ2) is 6.18. The topological polar surface area (TPSA) is 66.6 Å². The van der Waals surface area contributed by atoms with E-state index in [1.165, 1.54) is 0 Å². The normalized spacial score (nSPS) is 26.1. The number of hydrogen-bond acceptors (Lipinski definition) is 3. The number of nitrogens with zero attached hydrogens (tertiary/aromatic N) is 2. The number of nitrogens with two attached hydrogens (primary N) is 1. The summed E-state index contributed by atoms with van der Waals surface area (Å²) < 4.78 is 0. The van der Waals surface area contributed by atoms with E-state index in [0.717, 1.165) is 45.2 Å². The Morgan fingerprint density at radius 2 is 2.06 bits per heavy atom. The largest absolute Gasteiger partial charge is 0.340 e. The van der Waals surface area contributed by atoms with E-state index in [1.807, 2.05) is 4.90 Å². The molecule has 0 aliphatic carbocycles. The molecule has 0 bridgehead atoms. The fraction of sp³-hybridized carbons (Fsp3) is 0.846. The van der Waals surface area contributed by atoms with Crippen molar-refractivity contribution >= 4 is 11.8 Å². The second-order valence-electron chi connectivity index (χ2n) is 5.37. The van der Waals surface area contributed by atoms with Crippen molar-refractivity contribution in [2.24, 2.45) is 5.73 Å². The highest BCUT2D eigenvalue weighted by Gasteiger charge is 2.25. The Morgan fingerprint density at radius 3 is 2.83 bits per heavy atom. The number of carbonyl (C=O) groups excluding carboxylic acids is 2. The zero-order valence-electron chi connectivity index (χ0n) is 10.9. The van der Waals surface area contributed by atoms with Gasteiger partial charge in [-0.2, -0.15) is 0 Å². The molecule has 2 rings (SSSR count). The van der Waals surface area contributed by atoms with Gasteiger partial charge in [0.15, 0.2) is 0 Å². The van der Waals surface area contributed by atoms with Crippen LogP contribution in [0.4, 0.5) is 0 Å². The van der Waals surface area contributed by atoms with Crippen molar-refractivity contribution < 1.29 is 9.59 Å². The summed E-state index contributed by atoms with van der Waals surface area (Å²) in [6.45, 7) is 2.39. The van der Waals surface area contributed by atoms with Gasteiger partial charge in [0.05, 0.1) is 6.54 Å². The van der Waals surface area contributed by atoms with Crippen molar-refractivity contribution in [2.75, 3.05) is 26.2 Å². The average Bonchev–Trinajstić information content (AvgIpc) is 2.55. The lowest BCUT2D eigenvalue weighted by atomic mass is 10.1. The molecule has 2 fully saturated rings. The van der Waals surface area contributed by atoms with Crippen LogP contribution in [0.1, 0.15) is 38.5 Å². The van der Waals surface area contributed by atoms with Gasteiger partial charge in [0.25, 0.3) is 0 Å². The molecule has 2 saturated heterocycles. The summed E-state index contributed by atoms with van der Waals surface area (Å²) in [7, 11) is 0. The molecule has 102 valence electrons. The molecule has 18 heavy (non-hydrogen) atoms. The summed E-state index contributed by atoms with van der Waals surface area (Å²) in [6, 6.07) is 0.0996. The standard InChI is InChI=1S/C13H23N3O2/c14-11-5-4-8-15(9-11)13(18)10-16-7-3-1-2-6-12(16)17/h11H,1-10,14H2. The highest BCUT2D eigenvalue weighted by molar-refractivity contribution is 5.85. The van der Waals surface area contributed by atoms with E-state index in [9.17, 15) is 9.59 Å². The number of amides is 2. The van der Waals surface area contributed by atoms with Gasteiger partial charge < -0.3 is 15.5 Å². The van der Waals surface area contributed by atoms with Gasteiger partial charge in [0, 0.05) is 32.1 Å². The lowest BCUT2D eigenvalue weighted by molar-refractivity contribution is -0.140.